The number of benzene rings is 1. The summed E-state index contributed by atoms with van der Waals surface area (Å²) in [5, 5.41) is 2.95. The molecule has 34 heavy (non-hydrogen) atoms. The number of amides is 2. The first-order valence-electron chi connectivity index (χ1n) is 11.4. The average molecular weight is 470 g/mol. The van der Waals surface area contributed by atoms with Crippen molar-refractivity contribution in [2.75, 3.05) is 13.6 Å². The van der Waals surface area contributed by atoms with Crippen molar-refractivity contribution in [3.05, 3.63) is 58.9 Å². The van der Waals surface area contributed by atoms with E-state index in [0.29, 0.717) is 30.0 Å². The summed E-state index contributed by atoms with van der Waals surface area (Å²) in [6.45, 7) is 7.63. The van der Waals surface area contributed by atoms with Crippen LogP contribution in [-0.2, 0) is 9.59 Å². The number of nitrogens with zero attached hydrogens (tertiary/aromatic N) is 3. The van der Waals surface area contributed by atoms with Crippen molar-refractivity contribution in [2.24, 2.45) is 17.6 Å². The number of hydrogen-bond acceptors (Lipinski definition) is 6. The summed E-state index contributed by atoms with van der Waals surface area (Å²) in [5.41, 5.74) is 5.54. The third-order valence-corrected chi connectivity index (χ3v) is 6.66. The Morgan fingerprint density at radius 1 is 1.21 bits per heavy atom. The van der Waals surface area contributed by atoms with Crippen molar-refractivity contribution >= 4 is 17.6 Å². The highest BCUT2D eigenvalue weighted by atomic mass is 19.1. The number of likely N-dealkylation sites (tertiary alicyclic amines) is 1. The van der Waals surface area contributed by atoms with Gasteiger partial charge >= 0.3 is 0 Å². The summed E-state index contributed by atoms with van der Waals surface area (Å²) >= 11 is 0. The van der Waals surface area contributed by atoms with Gasteiger partial charge in [0.2, 0.25) is 17.6 Å². The zero-order chi connectivity index (χ0) is 25.2. The van der Waals surface area contributed by atoms with Crippen molar-refractivity contribution in [3.63, 3.8) is 0 Å². The van der Waals surface area contributed by atoms with Crippen molar-refractivity contribution < 1.29 is 18.8 Å². The van der Waals surface area contributed by atoms with E-state index >= 15 is 0 Å². The second-order valence-corrected chi connectivity index (χ2v) is 9.29. The number of nitrogens with one attached hydrogen (secondary N) is 1. The fourth-order valence-electron chi connectivity index (χ4n) is 4.77. The molecule has 8 nitrogen and oxygen atoms in total. The van der Waals surface area contributed by atoms with Crippen molar-refractivity contribution in [1.29, 1.82) is 0 Å². The lowest BCUT2D eigenvalue weighted by Gasteiger charge is -2.39. The lowest BCUT2D eigenvalue weighted by Crippen LogP contribution is -2.62. The average Bonchev–Trinajstić information content (AvgIpc) is 3.28. The zero-order valence-electron chi connectivity index (χ0n) is 20.3. The molecule has 1 aromatic carbocycles. The lowest BCUT2D eigenvalue weighted by atomic mass is 9.76. The van der Waals surface area contributed by atoms with Crippen LogP contribution in [-0.4, -0.2) is 51.6 Å². The van der Waals surface area contributed by atoms with E-state index in [4.69, 9.17) is 5.73 Å². The number of nitrogens with two attached hydrogens (primary N) is 1. The second-order valence-electron chi connectivity index (χ2n) is 9.29. The van der Waals surface area contributed by atoms with E-state index in [1.54, 1.807) is 31.9 Å². The maximum Gasteiger partial charge on any atom is 0.238 e. The molecule has 1 aromatic heterocycles. The molecule has 0 radical (unpaired) electrons. The maximum atomic E-state index is 13.8. The molecule has 2 heterocycles. The summed E-state index contributed by atoms with van der Waals surface area (Å²) < 4.78 is 13.3. The first kappa shape index (κ1) is 25.4. The molecule has 9 heteroatoms. The summed E-state index contributed by atoms with van der Waals surface area (Å²) in [6, 6.07) is 6.52. The van der Waals surface area contributed by atoms with Crippen molar-refractivity contribution in [3.8, 4) is 0 Å². The molecule has 0 aliphatic carbocycles. The number of carbonyl (C=O) groups is 3. The topological polar surface area (TPSA) is 118 Å². The Morgan fingerprint density at radius 2 is 1.85 bits per heavy atom. The second kappa shape index (κ2) is 9.97. The number of ketones is 1. The normalized spacial score (nSPS) is 18.6. The summed E-state index contributed by atoms with van der Waals surface area (Å²) in [6.07, 6.45) is 1.43. The number of aromatic nitrogens is 2. The fourth-order valence-corrected chi connectivity index (χ4v) is 4.77. The molecule has 182 valence electrons. The fraction of sp³-hybridized carbons (Fsp3) is 0.480. The minimum Gasteiger partial charge on any atom is -0.368 e. The summed E-state index contributed by atoms with van der Waals surface area (Å²) in [7, 11) is 1.62. The Balaban J connectivity index is 1.97. The highest BCUT2D eigenvalue weighted by Gasteiger charge is 2.48. The van der Waals surface area contributed by atoms with Crippen LogP contribution in [0.3, 0.4) is 0 Å². The quantitative estimate of drug-likeness (QED) is 0.574. The molecule has 2 aromatic rings. The van der Waals surface area contributed by atoms with Crippen LogP contribution in [0.25, 0.3) is 0 Å². The molecule has 0 bridgehead atoms. The monoisotopic (exact) mass is 469 g/mol. The van der Waals surface area contributed by atoms with Gasteiger partial charge in [0.1, 0.15) is 22.9 Å². The molecular weight excluding hydrogens is 437 g/mol. The number of primary amides is 1. The number of rotatable bonds is 8. The SMILES string of the molecule is CNC(C)(C(N)=O)[C@@H](C(=O)N1CCC[C@H]1c1cc(C(=O)c2ccc(F)cc2)nc(C)n1)C(C)C. The Bertz CT molecular complexity index is 1090. The zero-order valence-corrected chi connectivity index (χ0v) is 20.3. The molecule has 3 atom stereocenters. The third-order valence-electron chi connectivity index (χ3n) is 6.66. The largest absolute Gasteiger partial charge is 0.368 e. The van der Waals surface area contributed by atoms with Crippen LogP contribution in [0.2, 0.25) is 0 Å². The predicted molar refractivity (Wildman–Crippen MR) is 125 cm³/mol. The van der Waals surface area contributed by atoms with Gasteiger partial charge in [-0.25, -0.2) is 14.4 Å². The number of hydrogen-bond donors (Lipinski definition) is 2. The van der Waals surface area contributed by atoms with Crippen LogP contribution in [0.15, 0.2) is 30.3 Å². The number of likely N-dealkylation sites (N-methyl/N-ethyl adjacent to an activating group) is 1. The Kier molecular flexibility index (Phi) is 7.45. The van der Waals surface area contributed by atoms with Crippen LogP contribution in [0.4, 0.5) is 4.39 Å². The first-order valence-corrected chi connectivity index (χ1v) is 11.4. The molecule has 3 rings (SSSR count). The van der Waals surface area contributed by atoms with Crippen LogP contribution in [0.1, 0.15) is 67.2 Å². The highest BCUT2D eigenvalue weighted by Crippen LogP contribution is 2.36. The molecule has 1 aliphatic rings. The van der Waals surface area contributed by atoms with Gasteiger partial charge in [-0.1, -0.05) is 13.8 Å². The maximum absolute atomic E-state index is 13.8. The molecule has 1 unspecified atom stereocenters. The molecule has 1 saturated heterocycles. The Labute approximate surface area is 199 Å². The first-order chi connectivity index (χ1) is 16.0. The minimum atomic E-state index is -1.22. The van der Waals surface area contributed by atoms with E-state index < -0.39 is 23.2 Å². The van der Waals surface area contributed by atoms with Crippen molar-refractivity contribution in [1.82, 2.24) is 20.2 Å². The smallest absolute Gasteiger partial charge is 0.238 e. The molecule has 3 N–H and O–H groups in total. The standard InChI is InChI=1S/C25H32FN5O3/c1-14(2)21(25(4,28-5)24(27)34)23(33)31-12-6-7-20(31)18-13-19(30-15(3)29-18)22(32)16-8-10-17(26)11-9-16/h8-11,13-14,20-21,28H,6-7,12H2,1-5H3,(H2,27,34)/t20-,21+,25?/m0/s1. The molecule has 1 aliphatic heterocycles. The molecule has 0 saturated carbocycles. The van der Waals surface area contributed by atoms with Gasteiger partial charge in [-0.2, -0.15) is 0 Å². The molecule has 2 amide bonds. The lowest BCUT2D eigenvalue weighted by molar-refractivity contribution is -0.145. The van der Waals surface area contributed by atoms with Crippen LogP contribution in [0, 0.1) is 24.6 Å². The number of carbonyl (C=O) groups excluding carboxylic acids is 3. The van der Waals surface area contributed by atoms with E-state index in [1.807, 2.05) is 13.8 Å². The van der Waals surface area contributed by atoms with Crippen LogP contribution >= 0.6 is 0 Å². The van der Waals surface area contributed by atoms with Crippen LogP contribution in [0.5, 0.6) is 0 Å². The van der Waals surface area contributed by atoms with Crippen molar-refractivity contribution in [2.45, 2.75) is 52.1 Å². The van der Waals surface area contributed by atoms with Gasteiger partial charge in [0.25, 0.3) is 0 Å². The van der Waals surface area contributed by atoms with Gasteiger partial charge < -0.3 is 16.0 Å². The van der Waals surface area contributed by atoms with E-state index in [9.17, 15) is 18.8 Å². The number of halogens is 1. The third kappa shape index (κ3) is 4.84. The van der Waals surface area contributed by atoms with Gasteiger partial charge in [-0.3, -0.25) is 14.4 Å². The van der Waals surface area contributed by atoms with Gasteiger partial charge in [0, 0.05) is 12.1 Å². The van der Waals surface area contributed by atoms with E-state index in [-0.39, 0.29) is 29.3 Å². The van der Waals surface area contributed by atoms with Gasteiger partial charge in [0.05, 0.1) is 17.7 Å². The minimum absolute atomic E-state index is 0.151. The molecule has 0 spiro atoms. The number of aryl methyl sites for hydroxylation is 1. The van der Waals surface area contributed by atoms with Crippen LogP contribution < -0.4 is 11.1 Å². The summed E-state index contributed by atoms with van der Waals surface area (Å²) in [4.78, 5) is 49.6. The Hall–Kier alpha value is -3.20. The highest BCUT2D eigenvalue weighted by molar-refractivity contribution is 6.07. The van der Waals surface area contributed by atoms with E-state index in [0.717, 1.165) is 6.42 Å². The Morgan fingerprint density at radius 3 is 2.41 bits per heavy atom. The van der Waals surface area contributed by atoms with E-state index in [1.165, 1.54) is 24.3 Å². The predicted octanol–water partition coefficient (Wildman–Crippen LogP) is 2.55. The summed E-state index contributed by atoms with van der Waals surface area (Å²) in [5.74, 6) is -1.99. The molecule has 1 fully saturated rings. The van der Waals surface area contributed by atoms with Gasteiger partial charge in [-0.05, 0) is 70.0 Å². The van der Waals surface area contributed by atoms with Gasteiger partial charge in [0.15, 0.2) is 0 Å². The van der Waals surface area contributed by atoms with Gasteiger partial charge in [-0.15, -0.1) is 0 Å². The van der Waals surface area contributed by atoms with E-state index in [2.05, 4.69) is 15.3 Å². The molecular formula is C25H32FN5O3.